The van der Waals surface area contributed by atoms with Crippen molar-refractivity contribution in [1.82, 2.24) is 9.97 Å². The zero-order valence-electron chi connectivity index (χ0n) is 11.8. The quantitative estimate of drug-likeness (QED) is 0.795. The van der Waals surface area contributed by atoms with Crippen LogP contribution in [0.5, 0.6) is 0 Å². The van der Waals surface area contributed by atoms with Gasteiger partial charge in [0.15, 0.2) is 5.82 Å². The van der Waals surface area contributed by atoms with Crippen molar-refractivity contribution in [2.75, 3.05) is 5.32 Å². The van der Waals surface area contributed by atoms with Crippen LogP contribution in [0.25, 0.3) is 0 Å². The highest BCUT2D eigenvalue weighted by molar-refractivity contribution is 9.10. The number of nitrogens with one attached hydrogen (secondary N) is 1. The Morgan fingerprint density at radius 1 is 1.19 bits per heavy atom. The molecule has 0 atom stereocenters. The van der Waals surface area contributed by atoms with Crippen molar-refractivity contribution in [3.63, 3.8) is 0 Å². The third-order valence-electron chi connectivity index (χ3n) is 2.28. The molecule has 2 rings (SSSR count). The van der Waals surface area contributed by atoms with E-state index in [1.165, 1.54) is 0 Å². The average molecular weight is 362 g/mol. The molecule has 21 heavy (non-hydrogen) atoms. The molecule has 0 aliphatic carbocycles. The van der Waals surface area contributed by atoms with Crippen LogP contribution in [0, 0.1) is 12.7 Å². The maximum atomic E-state index is 13.0. The van der Waals surface area contributed by atoms with Gasteiger partial charge in [-0.1, -0.05) is 29.8 Å². The van der Waals surface area contributed by atoms with Gasteiger partial charge in [-0.05, 0) is 30.7 Å². The first kappa shape index (κ1) is 17.4. The van der Waals surface area contributed by atoms with Crippen LogP contribution in [0.3, 0.4) is 0 Å². The lowest BCUT2D eigenvalue weighted by Crippen LogP contribution is -2.03. The van der Waals surface area contributed by atoms with Crippen molar-refractivity contribution in [1.29, 1.82) is 0 Å². The van der Waals surface area contributed by atoms with Crippen LogP contribution in [-0.2, 0) is 0 Å². The molecular weight excluding hydrogens is 347 g/mol. The SMILES string of the molecule is CC.Cc1cc(Br)cc(Nc2ncc(F)c(C(F)F)n2)c1. The molecule has 0 unspecified atom stereocenters. The molecule has 0 fully saturated rings. The number of benzene rings is 1. The van der Waals surface area contributed by atoms with Gasteiger partial charge in [-0.15, -0.1) is 0 Å². The van der Waals surface area contributed by atoms with Crippen LogP contribution >= 0.6 is 15.9 Å². The van der Waals surface area contributed by atoms with Crippen LogP contribution in [0.1, 0.15) is 31.5 Å². The number of nitrogens with zero attached hydrogens (tertiary/aromatic N) is 2. The van der Waals surface area contributed by atoms with Crippen molar-refractivity contribution in [2.24, 2.45) is 0 Å². The summed E-state index contributed by atoms with van der Waals surface area (Å²) in [5.74, 6) is -1.19. The number of anilines is 2. The minimum absolute atomic E-state index is 0.0748. The lowest BCUT2D eigenvalue weighted by atomic mass is 10.2. The molecule has 1 aromatic heterocycles. The first-order valence-corrected chi connectivity index (χ1v) is 7.10. The number of aryl methyl sites for hydroxylation is 1. The molecule has 0 saturated carbocycles. The van der Waals surface area contributed by atoms with E-state index in [1.54, 1.807) is 12.1 Å². The first-order valence-electron chi connectivity index (χ1n) is 6.30. The first-order chi connectivity index (χ1) is 9.95. The summed E-state index contributed by atoms with van der Waals surface area (Å²) in [5.41, 5.74) is 0.677. The van der Waals surface area contributed by atoms with Gasteiger partial charge in [0, 0.05) is 10.2 Å². The summed E-state index contributed by atoms with van der Waals surface area (Å²) in [6, 6.07) is 5.42. The van der Waals surface area contributed by atoms with E-state index in [9.17, 15) is 13.2 Å². The monoisotopic (exact) mass is 361 g/mol. The van der Waals surface area contributed by atoms with E-state index in [0.717, 1.165) is 16.2 Å². The molecular formula is C14H15BrF3N3. The summed E-state index contributed by atoms with van der Waals surface area (Å²) in [5, 5.41) is 2.76. The van der Waals surface area contributed by atoms with E-state index in [2.05, 4.69) is 31.2 Å². The summed E-state index contributed by atoms with van der Waals surface area (Å²) in [7, 11) is 0. The zero-order valence-corrected chi connectivity index (χ0v) is 13.4. The highest BCUT2D eigenvalue weighted by Gasteiger charge is 2.16. The lowest BCUT2D eigenvalue weighted by Gasteiger charge is -2.08. The van der Waals surface area contributed by atoms with Crippen molar-refractivity contribution in [2.45, 2.75) is 27.2 Å². The number of halogens is 4. The van der Waals surface area contributed by atoms with Gasteiger partial charge in [0.05, 0.1) is 6.20 Å². The molecule has 114 valence electrons. The zero-order chi connectivity index (χ0) is 16.0. The molecule has 2 aromatic rings. The highest BCUT2D eigenvalue weighted by atomic mass is 79.9. The summed E-state index contributed by atoms with van der Waals surface area (Å²) in [4.78, 5) is 7.09. The number of rotatable bonds is 3. The maximum absolute atomic E-state index is 13.0. The van der Waals surface area contributed by atoms with Crippen LogP contribution in [0.2, 0.25) is 0 Å². The minimum Gasteiger partial charge on any atom is -0.324 e. The molecule has 0 spiro atoms. The molecule has 1 aromatic carbocycles. The second kappa shape index (κ2) is 7.97. The molecule has 1 N–H and O–H groups in total. The van der Waals surface area contributed by atoms with Crippen molar-refractivity contribution in [3.8, 4) is 0 Å². The van der Waals surface area contributed by atoms with Crippen molar-refractivity contribution < 1.29 is 13.2 Å². The summed E-state index contributed by atoms with van der Waals surface area (Å²) in [6.07, 6.45) is -2.26. The Bertz CT molecular complexity index is 586. The molecule has 0 aliphatic rings. The second-order valence-corrected chi connectivity index (χ2v) is 4.79. The van der Waals surface area contributed by atoms with E-state index in [4.69, 9.17) is 0 Å². The lowest BCUT2D eigenvalue weighted by molar-refractivity contribution is 0.140. The average Bonchev–Trinajstić information content (AvgIpc) is 2.42. The number of alkyl halides is 2. The standard InChI is InChI=1S/C12H9BrF3N3.C2H6/c1-6-2-7(13)4-8(3-6)18-12-17-5-9(14)10(19-12)11(15)16;1-2/h2-5,11H,1H3,(H,17,18,19);1-2H3. The van der Waals surface area contributed by atoms with Crippen molar-refractivity contribution in [3.05, 3.63) is 45.9 Å². The van der Waals surface area contributed by atoms with Crippen molar-refractivity contribution >= 4 is 27.6 Å². The fraction of sp³-hybridized carbons (Fsp3) is 0.286. The Morgan fingerprint density at radius 2 is 1.86 bits per heavy atom. The van der Waals surface area contributed by atoms with Gasteiger partial charge in [0.25, 0.3) is 6.43 Å². The van der Waals surface area contributed by atoms with Gasteiger partial charge in [-0.3, -0.25) is 0 Å². The normalized spacial score (nSPS) is 10.1. The van der Waals surface area contributed by atoms with Crippen LogP contribution in [0.4, 0.5) is 24.8 Å². The maximum Gasteiger partial charge on any atom is 0.283 e. The van der Waals surface area contributed by atoms with Crippen LogP contribution in [-0.4, -0.2) is 9.97 Å². The summed E-state index contributed by atoms with van der Waals surface area (Å²) >= 11 is 3.31. The molecule has 0 bridgehead atoms. The third-order valence-corrected chi connectivity index (χ3v) is 2.73. The van der Waals surface area contributed by atoms with Gasteiger partial charge >= 0.3 is 0 Å². The minimum atomic E-state index is -2.98. The summed E-state index contributed by atoms with van der Waals surface area (Å²) < 4.78 is 38.9. The Labute approximate surface area is 129 Å². The Hall–Kier alpha value is -1.63. The Morgan fingerprint density at radius 3 is 2.43 bits per heavy atom. The van der Waals surface area contributed by atoms with E-state index in [0.29, 0.717) is 5.69 Å². The van der Waals surface area contributed by atoms with E-state index < -0.39 is 17.9 Å². The number of aromatic nitrogens is 2. The number of hydrogen-bond acceptors (Lipinski definition) is 3. The van der Waals surface area contributed by atoms with E-state index in [1.807, 2.05) is 26.8 Å². The van der Waals surface area contributed by atoms with Gasteiger partial charge in [-0.2, -0.15) is 0 Å². The molecule has 7 heteroatoms. The topological polar surface area (TPSA) is 37.8 Å². The predicted molar refractivity (Wildman–Crippen MR) is 80.5 cm³/mol. The van der Waals surface area contributed by atoms with Gasteiger partial charge < -0.3 is 5.32 Å². The number of hydrogen-bond donors (Lipinski definition) is 1. The molecule has 0 aliphatic heterocycles. The highest BCUT2D eigenvalue weighted by Crippen LogP contribution is 2.24. The molecule has 0 radical (unpaired) electrons. The molecule has 0 amide bonds. The van der Waals surface area contributed by atoms with E-state index >= 15 is 0 Å². The summed E-state index contributed by atoms with van der Waals surface area (Å²) in [6.45, 7) is 5.88. The third kappa shape index (κ3) is 5.00. The Kier molecular flexibility index (Phi) is 6.61. The largest absolute Gasteiger partial charge is 0.324 e. The fourth-order valence-corrected chi connectivity index (χ4v) is 2.14. The predicted octanol–water partition coefficient (Wildman–Crippen LogP) is 5.39. The fourth-order valence-electron chi connectivity index (χ4n) is 1.53. The molecule has 0 saturated heterocycles. The van der Waals surface area contributed by atoms with E-state index in [-0.39, 0.29) is 5.95 Å². The smallest absolute Gasteiger partial charge is 0.283 e. The van der Waals surface area contributed by atoms with Crippen LogP contribution in [0.15, 0.2) is 28.9 Å². The Balaban J connectivity index is 0.00000106. The van der Waals surface area contributed by atoms with Gasteiger partial charge in [-0.25, -0.2) is 23.1 Å². The van der Waals surface area contributed by atoms with Gasteiger partial charge in [0.2, 0.25) is 5.95 Å². The second-order valence-electron chi connectivity index (χ2n) is 3.87. The van der Waals surface area contributed by atoms with Crippen LogP contribution < -0.4 is 5.32 Å². The molecule has 3 nitrogen and oxygen atoms in total. The molecule has 1 heterocycles. The van der Waals surface area contributed by atoms with Gasteiger partial charge in [0.1, 0.15) is 5.69 Å².